The number of amides is 1. The summed E-state index contributed by atoms with van der Waals surface area (Å²) in [7, 11) is 3.64. The van der Waals surface area contributed by atoms with E-state index in [-0.39, 0.29) is 61.7 Å². The number of benzene rings is 2. The van der Waals surface area contributed by atoms with Crippen LogP contribution in [0.15, 0.2) is 84.7 Å². The molecule has 3 fully saturated rings. The molecule has 3 aliphatic carbocycles. The Morgan fingerprint density at radius 2 is 1.72 bits per heavy atom. The Labute approximate surface area is 339 Å². The first kappa shape index (κ1) is 42.6. The fraction of sp³-hybridized carbons (Fsp3) is 0.478. The fourth-order valence-corrected chi connectivity index (χ4v) is 9.61. The van der Waals surface area contributed by atoms with Gasteiger partial charge in [-0.15, -0.1) is 0 Å². The van der Waals surface area contributed by atoms with Crippen molar-refractivity contribution in [3.05, 3.63) is 95.9 Å². The van der Waals surface area contributed by atoms with Gasteiger partial charge in [-0.25, -0.2) is 0 Å². The number of rotatable bonds is 15. The molecule has 3 aromatic rings. The quantitative estimate of drug-likeness (QED) is 0.118. The molecule has 12 nitrogen and oxygen atoms in total. The number of aromatic nitrogens is 1. The maximum absolute atomic E-state index is 13.5. The zero-order chi connectivity index (χ0) is 41.6. The number of nitrogens with zero attached hydrogens (tertiary/aromatic N) is 2. The first-order valence-corrected chi connectivity index (χ1v) is 20.3. The van der Waals surface area contributed by atoms with Crippen molar-refractivity contribution >= 4 is 45.9 Å². The minimum absolute atomic E-state index is 0.00185. The van der Waals surface area contributed by atoms with Crippen molar-refractivity contribution in [3.63, 3.8) is 0 Å². The lowest BCUT2D eigenvalue weighted by Gasteiger charge is -2.54. The van der Waals surface area contributed by atoms with E-state index in [2.05, 4.69) is 10.3 Å². The lowest BCUT2D eigenvalue weighted by atomic mass is 9.52. The highest BCUT2D eigenvalue weighted by molar-refractivity contribution is 6.00. The number of ketones is 2. The van der Waals surface area contributed by atoms with E-state index in [1.54, 1.807) is 48.8 Å². The van der Waals surface area contributed by atoms with E-state index in [0.29, 0.717) is 24.1 Å². The van der Waals surface area contributed by atoms with Crippen LogP contribution >= 0.6 is 0 Å². The second kappa shape index (κ2) is 18.3. The van der Waals surface area contributed by atoms with Crippen molar-refractivity contribution in [2.24, 2.45) is 23.2 Å². The zero-order valence-electron chi connectivity index (χ0n) is 33.8. The van der Waals surface area contributed by atoms with Gasteiger partial charge in [0.25, 0.3) is 0 Å². The van der Waals surface area contributed by atoms with Crippen LogP contribution in [0.1, 0.15) is 88.8 Å². The summed E-state index contributed by atoms with van der Waals surface area (Å²) in [6, 6.07) is 14.1. The van der Waals surface area contributed by atoms with Crippen LogP contribution in [0.3, 0.4) is 0 Å². The van der Waals surface area contributed by atoms with Gasteiger partial charge in [0.15, 0.2) is 12.4 Å². The van der Waals surface area contributed by atoms with Crippen molar-refractivity contribution in [2.75, 3.05) is 26.0 Å². The van der Waals surface area contributed by atoms with E-state index in [1.807, 2.05) is 63.2 Å². The minimum Gasteiger partial charge on any atom is -0.461 e. The number of likely N-dealkylation sites (N-methyl/N-ethyl adjacent to an activating group) is 1. The molecule has 6 rings (SSSR count). The SMILES string of the molecule is CC/C=C\C(=O)/C=C1/CC[C@@H]2[C@@H](C1)[C@@H](O)C[C@@]1(C)[C@H]2CC[C@]1(O)C(=O)COC(=O)CCC(=O)OCc1ccc(C(C(=O)Nc2ccc3cnccc3c2)N(C)C)cc1. The van der Waals surface area contributed by atoms with Crippen LogP contribution in [0.2, 0.25) is 0 Å². The number of allylic oxidation sites excluding steroid dienone is 4. The van der Waals surface area contributed by atoms with Gasteiger partial charge in [0.05, 0.1) is 18.9 Å². The molecule has 0 radical (unpaired) electrons. The highest BCUT2D eigenvalue weighted by Gasteiger charge is 2.66. The number of nitrogens with one attached hydrogen (secondary N) is 1. The van der Waals surface area contributed by atoms with E-state index in [0.717, 1.165) is 41.2 Å². The number of carbonyl (C=O) groups excluding carboxylic acids is 5. The summed E-state index contributed by atoms with van der Waals surface area (Å²) in [4.78, 5) is 70.3. The van der Waals surface area contributed by atoms with Crippen molar-refractivity contribution in [3.8, 4) is 0 Å². The Morgan fingerprint density at radius 3 is 2.45 bits per heavy atom. The van der Waals surface area contributed by atoms with Crippen LogP contribution in [0.5, 0.6) is 0 Å². The molecule has 0 spiro atoms. The molecule has 58 heavy (non-hydrogen) atoms. The van der Waals surface area contributed by atoms with Gasteiger partial charge >= 0.3 is 11.9 Å². The van der Waals surface area contributed by atoms with Crippen molar-refractivity contribution in [2.45, 2.75) is 96.0 Å². The number of aliphatic hydroxyl groups excluding tert-OH is 1. The molecule has 1 amide bonds. The largest absolute Gasteiger partial charge is 0.461 e. The third-order valence-corrected chi connectivity index (χ3v) is 12.7. The Kier molecular flexibility index (Phi) is 13.4. The number of fused-ring (bicyclic) bond motifs is 4. The van der Waals surface area contributed by atoms with Gasteiger partial charge in [-0.3, -0.25) is 33.9 Å². The molecule has 2 aromatic carbocycles. The molecule has 7 atom stereocenters. The maximum Gasteiger partial charge on any atom is 0.306 e. The van der Waals surface area contributed by atoms with Gasteiger partial charge in [0, 0.05) is 28.9 Å². The summed E-state index contributed by atoms with van der Waals surface area (Å²) in [6.45, 7) is 3.16. The van der Waals surface area contributed by atoms with Crippen LogP contribution in [0.25, 0.3) is 10.8 Å². The highest BCUT2D eigenvalue weighted by atomic mass is 16.5. The number of esters is 2. The van der Waals surface area contributed by atoms with E-state index in [4.69, 9.17) is 9.47 Å². The predicted octanol–water partition coefficient (Wildman–Crippen LogP) is 6.20. The summed E-state index contributed by atoms with van der Waals surface area (Å²) < 4.78 is 10.6. The lowest BCUT2D eigenvalue weighted by Crippen LogP contribution is -2.59. The molecular formula is C46H55N3O9. The number of carbonyl (C=O) groups is 5. The molecule has 308 valence electrons. The van der Waals surface area contributed by atoms with E-state index in [9.17, 15) is 34.2 Å². The lowest BCUT2D eigenvalue weighted by molar-refractivity contribution is -0.176. The van der Waals surface area contributed by atoms with Crippen LogP contribution in [-0.2, 0) is 40.1 Å². The molecule has 1 aromatic heterocycles. The molecule has 3 N–H and O–H groups in total. The van der Waals surface area contributed by atoms with Gasteiger partial charge < -0.3 is 25.0 Å². The summed E-state index contributed by atoms with van der Waals surface area (Å²) in [5.41, 5.74) is 0.488. The molecule has 0 bridgehead atoms. The van der Waals surface area contributed by atoms with Crippen molar-refractivity contribution in [1.82, 2.24) is 9.88 Å². The number of aliphatic hydroxyl groups is 2. The van der Waals surface area contributed by atoms with Gasteiger partial charge in [-0.1, -0.05) is 55.8 Å². The fourth-order valence-electron chi connectivity index (χ4n) is 9.61. The normalized spacial score (nSPS) is 26.6. The van der Waals surface area contributed by atoms with Crippen molar-refractivity contribution < 1.29 is 43.7 Å². The first-order chi connectivity index (χ1) is 27.7. The number of hydrogen-bond acceptors (Lipinski definition) is 11. The summed E-state index contributed by atoms with van der Waals surface area (Å²) >= 11 is 0. The Hall–Kier alpha value is -5.04. The molecule has 0 saturated heterocycles. The number of ether oxygens (including phenoxy) is 2. The van der Waals surface area contributed by atoms with Crippen LogP contribution in [-0.4, -0.2) is 81.9 Å². The van der Waals surface area contributed by atoms with Gasteiger partial charge in [0.2, 0.25) is 11.7 Å². The third-order valence-electron chi connectivity index (χ3n) is 12.7. The second-order valence-corrected chi connectivity index (χ2v) is 16.6. The minimum atomic E-state index is -1.76. The standard InChI is InChI=1S/C46H55N3O9/c1-5-6-7-35(50)22-30-10-15-36-37(23-30)39(51)25-45(2)38(36)18-20-46(45,56)40(52)28-58-42(54)17-16-41(53)57-27-29-8-11-31(12-9-29)43(49(3)4)44(55)48-34-14-13-33-26-47-21-19-32(33)24-34/h6-9,11-14,19,21-22,24,26,36-39,43,51,56H,5,10,15-18,20,23,25,27-28H2,1-4H3,(H,48,55)/b7-6-,30-22-/t36-,37-,38+,39+,43?,45+,46+/m1/s1. The average molecular weight is 794 g/mol. The summed E-state index contributed by atoms with van der Waals surface area (Å²) in [5, 5.41) is 28.1. The van der Waals surface area contributed by atoms with E-state index >= 15 is 0 Å². The van der Waals surface area contributed by atoms with Crippen molar-refractivity contribution in [1.29, 1.82) is 0 Å². The predicted molar refractivity (Wildman–Crippen MR) is 218 cm³/mol. The highest BCUT2D eigenvalue weighted by Crippen LogP contribution is 2.63. The Morgan fingerprint density at radius 1 is 0.983 bits per heavy atom. The molecular weight excluding hydrogens is 739 g/mol. The second-order valence-electron chi connectivity index (χ2n) is 16.6. The summed E-state index contributed by atoms with van der Waals surface area (Å²) in [6.07, 6.45) is 11.2. The van der Waals surface area contributed by atoms with Gasteiger partial charge in [-0.2, -0.15) is 0 Å². The number of anilines is 1. The topological polar surface area (TPSA) is 172 Å². The molecule has 1 unspecified atom stereocenters. The zero-order valence-corrected chi connectivity index (χ0v) is 33.8. The summed E-state index contributed by atoms with van der Waals surface area (Å²) in [5.74, 6) is -2.18. The average Bonchev–Trinajstić information content (AvgIpc) is 3.48. The van der Waals surface area contributed by atoms with E-state index in [1.165, 1.54) is 0 Å². The number of pyridine rings is 1. The Balaban J connectivity index is 0.947. The van der Waals surface area contributed by atoms with E-state index < -0.39 is 47.5 Å². The molecule has 1 heterocycles. The Bertz CT molecular complexity index is 2080. The molecule has 0 aliphatic heterocycles. The number of Topliss-reactive ketones (excluding diaryl/α,β-unsaturated/α-hetero) is 1. The monoisotopic (exact) mass is 793 g/mol. The van der Waals surface area contributed by atoms with Gasteiger partial charge in [0.1, 0.15) is 18.2 Å². The first-order valence-electron chi connectivity index (χ1n) is 20.3. The molecule has 12 heteroatoms. The maximum atomic E-state index is 13.5. The third kappa shape index (κ3) is 9.30. The van der Waals surface area contributed by atoms with Gasteiger partial charge in [-0.05, 0) is 124 Å². The smallest absolute Gasteiger partial charge is 0.306 e. The molecule has 3 saturated carbocycles. The number of hydrogen-bond donors (Lipinski definition) is 3. The van der Waals surface area contributed by atoms with Crippen LogP contribution in [0.4, 0.5) is 5.69 Å². The molecule has 3 aliphatic rings. The van der Waals surface area contributed by atoms with Crippen LogP contribution < -0.4 is 5.32 Å². The van der Waals surface area contributed by atoms with Crippen LogP contribution in [0, 0.1) is 23.2 Å².